The summed E-state index contributed by atoms with van der Waals surface area (Å²) < 4.78 is 0. The molecule has 0 unspecified atom stereocenters. The molecular formula is C33H32N4O2. The van der Waals surface area contributed by atoms with Crippen LogP contribution in [0.4, 0.5) is 17.1 Å². The van der Waals surface area contributed by atoms with Crippen molar-refractivity contribution in [3.8, 4) is 11.1 Å². The zero-order valence-corrected chi connectivity index (χ0v) is 22.2. The van der Waals surface area contributed by atoms with E-state index in [-0.39, 0.29) is 11.8 Å². The maximum atomic E-state index is 13.2. The molecule has 0 bridgehead atoms. The predicted molar refractivity (Wildman–Crippen MR) is 156 cm³/mol. The van der Waals surface area contributed by atoms with Crippen molar-refractivity contribution in [2.75, 3.05) is 51.2 Å². The van der Waals surface area contributed by atoms with Gasteiger partial charge in [0.1, 0.15) is 0 Å². The van der Waals surface area contributed by atoms with E-state index in [0.717, 1.165) is 54.4 Å². The second-order valence-corrected chi connectivity index (χ2v) is 10.2. The minimum Gasteiger partial charge on any atom is -0.311 e. The van der Waals surface area contributed by atoms with Crippen LogP contribution in [-0.4, -0.2) is 72.8 Å². The molecule has 2 aliphatic heterocycles. The van der Waals surface area contributed by atoms with Crippen molar-refractivity contribution in [2.24, 2.45) is 0 Å². The van der Waals surface area contributed by atoms with E-state index in [2.05, 4.69) is 70.3 Å². The van der Waals surface area contributed by atoms with Gasteiger partial charge in [-0.25, -0.2) is 0 Å². The van der Waals surface area contributed by atoms with Crippen LogP contribution in [-0.2, 0) is 0 Å². The van der Waals surface area contributed by atoms with E-state index in [0.29, 0.717) is 24.2 Å². The van der Waals surface area contributed by atoms with Crippen molar-refractivity contribution >= 4 is 28.9 Å². The third-order valence-electron chi connectivity index (χ3n) is 7.69. The second-order valence-electron chi connectivity index (χ2n) is 10.2. The Morgan fingerprint density at radius 3 is 1.74 bits per heavy atom. The monoisotopic (exact) mass is 516 g/mol. The Balaban J connectivity index is 1.22. The number of likely N-dealkylation sites (N-methyl/N-ethyl adjacent to an activating group) is 1. The molecule has 0 aromatic heterocycles. The number of anilines is 3. The van der Waals surface area contributed by atoms with Crippen LogP contribution in [0.2, 0.25) is 0 Å². The summed E-state index contributed by atoms with van der Waals surface area (Å²) in [5.41, 5.74) is 6.11. The number of para-hydroxylation sites is 2. The number of hydrogen-bond donors (Lipinski definition) is 0. The van der Waals surface area contributed by atoms with E-state index in [1.807, 2.05) is 48.5 Å². The van der Waals surface area contributed by atoms with E-state index in [1.165, 1.54) is 4.90 Å². The zero-order chi connectivity index (χ0) is 26.8. The van der Waals surface area contributed by atoms with Crippen LogP contribution in [0, 0.1) is 0 Å². The van der Waals surface area contributed by atoms with Crippen LogP contribution in [0.25, 0.3) is 11.1 Å². The SMILES string of the molecule is CN1CCN(CCN2C(=O)c3ccc(-c4ccc(N(c5ccccc5)c5ccccc5)cc4)cc3C2=O)CC1. The molecule has 4 aromatic carbocycles. The van der Waals surface area contributed by atoms with Crippen LogP contribution in [0.3, 0.4) is 0 Å². The van der Waals surface area contributed by atoms with E-state index in [1.54, 1.807) is 6.07 Å². The number of amides is 2. The van der Waals surface area contributed by atoms with E-state index >= 15 is 0 Å². The first-order chi connectivity index (χ1) is 19.1. The number of carbonyl (C=O) groups is 2. The molecule has 6 heteroatoms. The fourth-order valence-corrected chi connectivity index (χ4v) is 5.39. The van der Waals surface area contributed by atoms with E-state index in [9.17, 15) is 9.59 Å². The Morgan fingerprint density at radius 1 is 0.590 bits per heavy atom. The molecule has 4 aromatic rings. The molecule has 0 radical (unpaired) electrons. The molecule has 2 aliphatic rings. The molecule has 196 valence electrons. The first-order valence-corrected chi connectivity index (χ1v) is 13.5. The largest absolute Gasteiger partial charge is 0.311 e. The molecule has 0 saturated carbocycles. The molecule has 0 aliphatic carbocycles. The van der Waals surface area contributed by atoms with Crippen LogP contribution < -0.4 is 4.90 Å². The van der Waals surface area contributed by atoms with Gasteiger partial charge in [0.2, 0.25) is 0 Å². The van der Waals surface area contributed by atoms with Gasteiger partial charge in [-0.05, 0) is 66.7 Å². The van der Waals surface area contributed by atoms with Gasteiger partial charge in [0.25, 0.3) is 11.8 Å². The first-order valence-electron chi connectivity index (χ1n) is 13.5. The van der Waals surface area contributed by atoms with Gasteiger partial charge in [-0.1, -0.05) is 54.6 Å². The van der Waals surface area contributed by atoms with Crippen LogP contribution in [0.5, 0.6) is 0 Å². The Bertz CT molecular complexity index is 1420. The zero-order valence-electron chi connectivity index (χ0n) is 22.2. The molecule has 2 amide bonds. The van der Waals surface area contributed by atoms with Crippen LogP contribution >= 0.6 is 0 Å². The predicted octanol–water partition coefficient (Wildman–Crippen LogP) is 5.67. The first kappa shape index (κ1) is 25.0. The van der Waals surface area contributed by atoms with Crippen molar-refractivity contribution < 1.29 is 9.59 Å². The highest BCUT2D eigenvalue weighted by atomic mass is 16.2. The topological polar surface area (TPSA) is 47.1 Å². The standard InChI is InChI=1S/C33H32N4O2/c1-34-18-20-35(21-19-34)22-23-36-32(38)30-17-14-26(24-31(30)33(36)39)25-12-15-29(16-13-25)37(27-8-4-2-5-9-27)28-10-6-3-7-11-28/h2-17,24H,18-23H2,1H3. The summed E-state index contributed by atoms with van der Waals surface area (Å²) in [4.78, 5) is 34.5. The number of fused-ring (bicyclic) bond motifs is 1. The lowest BCUT2D eigenvalue weighted by Crippen LogP contribution is -2.47. The number of carbonyl (C=O) groups excluding carboxylic acids is 2. The highest BCUT2D eigenvalue weighted by molar-refractivity contribution is 6.21. The fourth-order valence-electron chi connectivity index (χ4n) is 5.39. The number of piperazine rings is 1. The van der Waals surface area contributed by atoms with E-state index < -0.39 is 0 Å². The normalized spacial score (nSPS) is 16.0. The summed E-state index contributed by atoms with van der Waals surface area (Å²) in [7, 11) is 2.12. The average molecular weight is 517 g/mol. The number of imide groups is 1. The summed E-state index contributed by atoms with van der Waals surface area (Å²) in [6.07, 6.45) is 0. The summed E-state index contributed by atoms with van der Waals surface area (Å²) in [6.45, 7) is 5.09. The van der Waals surface area contributed by atoms with Gasteiger partial charge in [0.05, 0.1) is 11.1 Å². The minimum absolute atomic E-state index is 0.188. The number of benzene rings is 4. The number of rotatable bonds is 7. The molecular weight excluding hydrogens is 484 g/mol. The highest BCUT2D eigenvalue weighted by Gasteiger charge is 2.35. The Hall–Kier alpha value is -4.26. The molecule has 39 heavy (non-hydrogen) atoms. The van der Waals surface area contributed by atoms with Gasteiger partial charge in [0.15, 0.2) is 0 Å². The number of hydrogen-bond acceptors (Lipinski definition) is 5. The third kappa shape index (κ3) is 5.09. The van der Waals surface area contributed by atoms with Crippen molar-refractivity contribution in [2.45, 2.75) is 0 Å². The highest BCUT2D eigenvalue weighted by Crippen LogP contribution is 2.36. The maximum absolute atomic E-state index is 13.2. The summed E-state index contributed by atoms with van der Waals surface area (Å²) in [5.74, 6) is -0.380. The summed E-state index contributed by atoms with van der Waals surface area (Å²) >= 11 is 0. The quantitative estimate of drug-likeness (QED) is 0.297. The number of nitrogens with zero attached hydrogens (tertiary/aromatic N) is 4. The molecule has 0 spiro atoms. The van der Waals surface area contributed by atoms with Crippen LogP contribution in [0.15, 0.2) is 103 Å². The fraction of sp³-hybridized carbons (Fsp3) is 0.212. The van der Waals surface area contributed by atoms with Gasteiger partial charge >= 0.3 is 0 Å². The lowest BCUT2D eigenvalue weighted by atomic mass is 10.00. The van der Waals surface area contributed by atoms with Crippen molar-refractivity contribution in [3.05, 3.63) is 114 Å². The van der Waals surface area contributed by atoms with Crippen molar-refractivity contribution in [3.63, 3.8) is 0 Å². The molecule has 1 fully saturated rings. The second kappa shape index (κ2) is 10.8. The molecule has 0 atom stereocenters. The smallest absolute Gasteiger partial charge is 0.261 e. The van der Waals surface area contributed by atoms with Gasteiger partial charge in [0, 0.05) is 56.3 Å². The lowest BCUT2D eigenvalue weighted by Gasteiger charge is -2.33. The average Bonchev–Trinajstić information content (AvgIpc) is 3.22. The third-order valence-corrected chi connectivity index (χ3v) is 7.69. The van der Waals surface area contributed by atoms with Gasteiger partial charge in [-0.3, -0.25) is 19.4 Å². The van der Waals surface area contributed by atoms with Crippen molar-refractivity contribution in [1.82, 2.24) is 14.7 Å². The lowest BCUT2D eigenvalue weighted by molar-refractivity contribution is 0.0621. The maximum Gasteiger partial charge on any atom is 0.261 e. The Kier molecular flexibility index (Phi) is 6.97. The van der Waals surface area contributed by atoms with Gasteiger partial charge in [-0.15, -0.1) is 0 Å². The Labute approximate surface area is 229 Å². The molecule has 2 heterocycles. The summed E-state index contributed by atoms with van der Waals surface area (Å²) in [5, 5.41) is 0. The van der Waals surface area contributed by atoms with Gasteiger partial charge in [-0.2, -0.15) is 0 Å². The molecule has 6 rings (SSSR count). The summed E-state index contributed by atoms with van der Waals surface area (Å²) in [6, 6.07) is 34.5. The van der Waals surface area contributed by atoms with E-state index in [4.69, 9.17) is 0 Å². The minimum atomic E-state index is -0.193. The van der Waals surface area contributed by atoms with Crippen LogP contribution in [0.1, 0.15) is 20.7 Å². The molecule has 6 nitrogen and oxygen atoms in total. The molecule has 1 saturated heterocycles. The Morgan fingerprint density at radius 2 is 1.13 bits per heavy atom. The van der Waals surface area contributed by atoms with Gasteiger partial charge < -0.3 is 9.80 Å². The van der Waals surface area contributed by atoms with Crippen molar-refractivity contribution in [1.29, 1.82) is 0 Å². The molecule has 0 N–H and O–H groups in total.